The number of hydrogen-bond acceptors (Lipinski definition) is 4. The first-order valence-electron chi connectivity index (χ1n) is 3.45. The molecular formula is C7H14O3S. The van der Waals surface area contributed by atoms with Crippen LogP contribution in [0.25, 0.3) is 0 Å². The molecule has 0 saturated carbocycles. The number of hydrogen-bond donors (Lipinski definition) is 1. The maximum Gasteiger partial charge on any atom is 0.336 e. The highest BCUT2D eigenvalue weighted by Gasteiger charge is 2.16. The Morgan fingerprint density at radius 1 is 1.64 bits per heavy atom. The van der Waals surface area contributed by atoms with Gasteiger partial charge in [0.25, 0.3) is 0 Å². The molecule has 4 heteroatoms. The highest BCUT2D eigenvalue weighted by molar-refractivity contribution is 7.98. The van der Waals surface area contributed by atoms with Crippen LogP contribution in [0.4, 0.5) is 0 Å². The standard InChI is InChI=1S/C7H14O3S/c1-5(2)10-7(9)6(8)4-11-3/h5-6,8H,4H2,1-3H3. The van der Waals surface area contributed by atoms with E-state index in [0.717, 1.165) is 0 Å². The lowest BCUT2D eigenvalue weighted by molar-refractivity contribution is -0.156. The molecule has 0 aliphatic rings. The van der Waals surface area contributed by atoms with Crippen LogP contribution in [0.5, 0.6) is 0 Å². The summed E-state index contributed by atoms with van der Waals surface area (Å²) in [4.78, 5) is 10.9. The van der Waals surface area contributed by atoms with Gasteiger partial charge in [0.2, 0.25) is 0 Å². The molecule has 3 nitrogen and oxygen atoms in total. The van der Waals surface area contributed by atoms with Gasteiger partial charge in [0.1, 0.15) is 0 Å². The van der Waals surface area contributed by atoms with E-state index in [9.17, 15) is 4.79 Å². The predicted octanol–water partition coefficient (Wildman–Crippen LogP) is 0.662. The van der Waals surface area contributed by atoms with Crippen molar-refractivity contribution in [1.29, 1.82) is 0 Å². The second kappa shape index (κ2) is 5.43. The molecule has 1 N–H and O–H groups in total. The molecule has 0 aliphatic heterocycles. The molecular weight excluding hydrogens is 164 g/mol. The van der Waals surface area contributed by atoms with Gasteiger partial charge in [-0.05, 0) is 20.1 Å². The molecule has 1 atom stereocenters. The molecule has 0 rings (SSSR count). The summed E-state index contributed by atoms with van der Waals surface area (Å²) in [5.74, 6) is -0.139. The Morgan fingerprint density at radius 3 is 2.55 bits per heavy atom. The number of esters is 1. The summed E-state index contributed by atoms with van der Waals surface area (Å²) < 4.78 is 4.76. The third-order valence-electron chi connectivity index (χ3n) is 0.948. The SMILES string of the molecule is CSCC(O)C(=O)OC(C)C. The summed E-state index contributed by atoms with van der Waals surface area (Å²) in [5, 5.41) is 9.07. The van der Waals surface area contributed by atoms with E-state index in [1.165, 1.54) is 11.8 Å². The first-order valence-corrected chi connectivity index (χ1v) is 4.84. The average Bonchev–Trinajstić information content (AvgIpc) is 1.86. The lowest BCUT2D eigenvalue weighted by Crippen LogP contribution is -2.27. The topological polar surface area (TPSA) is 46.5 Å². The monoisotopic (exact) mass is 178 g/mol. The Labute approximate surface area is 71.1 Å². The molecule has 0 fully saturated rings. The molecule has 0 aromatic rings. The van der Waals surface area contributed by atoms with E-state index in [-0.39, 0.29) is 6.10 Å². The van der Waals surface area contributed by atoms with Gasteiger partial charge in [-0.15, -0.1) is 0 Å². The Bertz CT molecular complexity index is 125. The van der Waals surface area contributed by atoms with E-state index in [2.05, 4.69) is 0 Å². The molecule has 0 aromatic heterocycles. The molecule has 0 heterocycles. The van der Waals surface area contributed by atoms with Crippen LogP contribution in [0.1, 0.15) is 13.8 Å². The van der Waals surface area contributed by atoms with Crippen LogP contribution in [-0.2, 0) is 9.53 Å². The van der Waals surface area contributed by atoms with Gasteiger partial charge in [0.05, 0.1) is 6.10 Å². The van der Waals surface area contributed by atoms with Gasteiger partial charge in [-0.25, -0.2) is 4.79 Å². The van der Waals surface area contributed by atoms with Crippen molar-refractivity contribution < 1.29 is 14.6 Å². The summed E-state index contributed by atoms with van der Waals surface area (Å²) in [6.07, 6.45) is 0.692. The molecule has 0 spiro atoms. The zero-order chi connectivity index (χ0) is 8.85. The molecule has 1 unspecified atom stereocenters. The maximum absolute atomic E-state index is 10.9. The normalized spacial score (nSPS) is 13.2. The summed E-state index contributed by atoms with van der Waals surface area (Å²) >= 11 is 1.41. The number of aliphatic hydroxyl groups is 1. The molecule has 0 radical (unpaired) electrons. The molecule has 0 bridgehead atoms. The van der Waals surface area contributed by atoms with Crippen molar-refractivity contribution in [2.45, 2.75) is 26.1 Å². The first-order chi connectivity index (χ1) is 5.07. The fourth-order valence-corrected chi connectivity index (χ4v) is 0.989. The first kappa shape index (κ1) is 10.8. The van der Waals surface area contributed by atoms with Crippen LogP contribution in [0, 0.1) is 0 Å². The maximum atomic E-state index is 10.9. The smallest absolute Gasteiger partial charge is 0.336 e. The van der Waals surface area contributed by atoms with Crippen molar-refractivity contribution in [2.24, 2.45) is 0 Å². The number of aliphatic hydroxyl groups excluding tert-OH is 1. The van der Waals surface area contributed by atoms with Gasteiger partial charge < -0.3 is 9.84 Å². The number of thioether (sulfide) groups is 1. The molecule has 0 aliphatic carbocycles. The van der Waals surface area contributed by atoms with E-state index in [4.69, 9.17) is 9.84 Å². The Morgan fingerprint density at radius 2 is 2.18 bits per heavy atom. The van der Waals surface area contributed by atoms with Crippen molar-refractivity contribution in [1.82, 2.24) is 0 Å². The van der Waals surface area contributed by atoms with Gasteiger partial charge in [-0.2, -0.15) is 11.8 Å². The third-order valence-corrected chi connectivity index (χ3v) is 1.60. The molecule has 0 aromatic carbocycles. The van der Waals surface area contributed by atoms with Gasteiger partial charge in [-0.1, -0.05) is 0 Å². The van der Waals surface area contributed by atoms with Gasteiger partial charge in [0, 0.05) is 5.75 Å². The number of ether oxygens (including phenoxy) is 1. The van der Waals surface area contributed by atoms with Gasteiger partial charge >= 0.3 is 5.97 Å². The Balaban J connectivity index is 3.64. The van der Waals surface area contributed by atoms with Crippen molar-refractivity contribution in [3.63, 3.8) is 0 Å². The van der Waals surface area contributed by atoms with Gasteiger partial charge in [-0.3, -0.25) is 0 Å². The van der Waals surface area contributed by atoms with Crippen molar-refractivity contribution >= 4 is 17.7 Å². The highest BCUT2D eigenvalue weighted by Crippen LogP contribution is 2.00. The van der Waals surface area contributed by atoms with Crippen molar-refractivity contribution in [3.05, 3.63) is 0 Å². The van der Waals surface area contributed by atoms with E-state index in [1.54, 1.807) is 13.8 Å². The second-order valence-electron chi connectivity index (χ2n) is 2.46. The quantitative estimate of drug-likeness (QED) is 0.642. The predicted molar refractivity (Wildman–Crippen MR) is 45.6 cm³/mol. The van der Waals surface area contributed by atoms with Crippen LogP contribution >= 0.6 is 11.8 Å². The van der Waals surface area contributed by atoms with E-state index in [1.807, 2.05) is 6.26 Å². The second-order valence-corrected chi connectivity index (χ2v) is 3.37. The van der Waals surface area contributed by atoms with Crippen LogP contribution in [0.2, 0.25) is 0 Å². The minimum absolute atomic E-state index is 0.154. The fraction of sp³-hybridized carbons (Fsp3) is 0.857. The largest absolute Gasteiger partial charge is 0.461 e. The lowest BCUT2D eigenvalue weighted by atomic mass is 10.4. The van der Waals surface area contributed by atoms with E-state index < -0.39 is 12.1 Å². The Hall–Kier alpha value is -0.220. The van der Waals surface area contributed by atoms with Crippen molar-refractivity contribution in [2.75, 3.05) is 12.0 Å². The Kier molecular flexibility index (Phi) is 5.32. The van der Waals surface area contributed by atoms with Gasteiger partial charge in [0.15, 0.2) is 6.10 Å². The van der Waals surface area contributed by atoms with Crippen LogP contribution in [0.15, 0.2) is 0 Å². The van der Waals surface area contributed by atoms with Crippen LogP contribution in [-0.4, -0.2) is 35.3 Å². The molecule has 0 saturated heterocycles. The number of carbonyl (C=O) groups excluding carboxylic acids is 1. The molecule has 11 heavy (non-hydrogen) atoms. The van der Waals surface area contributed by atoms with Crippen molar-refractivity contribution in [3.8, 4) is 0 Å². The summed E-state index contributed by atoms with van der Waals surface area (Å²) in [6, 6.07) is 0. The zero-order valence-corrected chi connectivity index (χ0v) is 7.85. The summed E-state index contributed by atoms with van der Waals surface area (Å²) in [6.45, 7) is 3.51. The van der Waals surface area contributed by atoms with Crippen LogP contribution in [0.3, 0.4) is 0 Å². The van der Waals surface area contributed by atoms with E-state index >= 15 is 0 Å². The lowest BCUT2D eigenvalue weighted by Gasteiger charge is -2.11. The van der Waals surface area contributed by atoms with E-state index in [0.29, 0.717) is 5.75 Å². The average molecular weight is 178 g/mol. The molecule has 66 valence electrons. The van der Waals surface area contributed by atoms with Crippen LogP contribution < -0.4 is 0 Å². The number of carbonyl (C=O) groups is 1. The minimum Gasteiger partial charge on any atom is -0.461 e. The summed E-state index contributed by atoms with van der Waals surface area (Å²) in [7, 11) is 0. The third kappa shape index (κ3) is 5.09. The zero-order valence-electron chi connectivity index (χ0n) is 7.03. The molecule has 0 amide bonds. The fourth-order valence-electron chi connectivity index (χ4n) is 0.537. The summed E-state index contributed by atoms with van der Waals surface area (Å²) in [5.41, 5.74) is 0. The highest BCUT2D eigenvalue weighted by atomic mass is 32.2. The minimum atomic E-state index is -0.979. The number of rotatable bonds is 4.